The van der Waals surface area contributed by atoms with Crippen molar-refractivity contribution in [2.75, 3.05) is 0 Å². The summed E-state index contributed by atoms with van der Waals surface area (Å²) < 4.78 is 18.1. The molecule has 100 valence electrons. The summed E-state index contributed by atoms with van der Waals surface area (Å²) in [5.74, 6) is 0.844. The third kappa shape index (κ3) is 2.74. The van der Waals surface area contributed by atoms with Crippen LogP contribution < -0.4 is 0 Å². The van der Waals surface area contributed by atoms with Gasteiger partial charge in [-0.05, 0) is 36.8 Å². The molecule has 1 aromatic heterocycles. The quantitative estimate of drug-likeness (QED) is 0.725. The molecule has 0 aliphatic carbocycles. The van der Waals surface area contributed by atoms with Gasteiger partial charge in [0.15, 0.2) is 5.82 Å². The molecule has 0 atom stereocenters. The molecular weight excluding hydrogens is 255 g/mol. The fourth-order valence-corrected chi connectivity index (χ4v) is 1.92. The van der Waals surface area contributed by atoms with E-state index in [-0.39, 0.29) is 5.82 Å². The molecule has 0 radical (unpaired) electrons. The van der Waals surface area contributed by atoms with Gasteiger partial charge in [-0.2, -0.15) is 4.98 Å². The summed E-state index contributed by atoms with van der Waals surface area (Å²) in [6, 6.07) is 14.2. The lowest BCUT2D eigenvalue weighted by Crippen LogP contribution is -1.91. The first kappa shape index (κ1) is 12.5. The molecule has 0 saturated heterocycles. The molecule has 0 bridgehead atoms. The van der Waals surface area contributed by atoms with Crippen LogP contribution in [0.15, 0.2) is 53.1 Å². The van der Waals surface area contributed by atoms with Gasteiger partial charge in [-0.25, -0.2) is 4.39 Å². The molecule has 0 unspecified atom stereocenters. The first-order chi connectivity index (χ1) is 9.70. The van der Waals surface area contributed by atoms with Crippen molar-refractivity contribution >= 4 is 0 Å². The molecule has 20 heavy (non-hydrogen) atoms. The second-order valence-electron chi connectivity index (χ2n) is 4.69. The van der Waals surface area contributed by atoms with Crippen LogP contribution in [-0.2, 0) is 6.42 Å². The van der Waals surface area contributed by atoms with Crippen LogP contribution in [-0.4, -0.2) is 10.1 Å². The van der Waals surface area contributed by atoms with E-state index in [2.05, 4.69) is 10.1 Å². The van der Waals surface area contributed by atoms with Crippen molar-refractivity contribution in [3.8, 4) is 11.5 Å². The molecule has 0 amide bonds. The second kappa shape index (κ2) is 5.25. The molecule has 4 heteroatoms. The molecule has 1 heterocycles. The highest BCUT2D eigenvalue weighted by Crippen LogP contribution is 2.18. The minimum Gasteiger partial charge on any atom is -0.334 e. The summed E-state index contributed by atoms with van der Waals surface area (Å²) in [5, 5.41) is 3.95. The van der Waals surface area contributed by atoms with Crippen LogP contribution in [0.5, 0.6) is 0 Å². The van der Waals surface area contributed by atoms with Crippen LogP contribution in [0, 0.1) is 12.7 Å². The van der Waals surface area contributed by atoms with E-state index in [0.29, 0.717) is 18.1 Å². The molecule has 3 aromatic rings. The van der Waals surface area contributed by atoms with Crippen molar-refractivity contribution < 1.29 is 8.91 Å². The minimum absolute atomic E-state index is 0.248. The van der Waals surface area contributed by atoms with E-state index < -0.39 is 0 Å². The zero-order chi connectivity index (χ0) is 13.9. The SMILES string of the molecule is Cc1ccc(-c2nc(Cc3ccc(F)cc3)no2)cc1. The van der Waals surface area contributed by atoms with E-state index in [1.807, 2.05) is 31.2 Å². The summed E-state index contributed by atoms with van der Waals surface area (Å²) in [6.45, 7) is 2.03. The van der Waals surface area contributed by atoms with Gasteiger partial charge in [0.05, 0.1) is 0 Å². The third-order valence-corrected chi connectivity index (χ3v) is 3.04. The van der Waals surface area contributed by atoms with E-state index in [0.717, 1.165) is 11.1 Å². The van der Waals surface area contributed by atoms with Crippen LogP contribution in [0.1, 0.15) is 17.0 Å². The van der Waals surface area contributed by atoms with E-state index in [1.54, 1.807) is 12.1 Å². The highest BCUT2D eigenvalue weighted by molar-refractivity contribution is 5.53. The third-order valence-electron chi connectivity index (χ3n) is 3.04. The first-order valence-electron chi connectivity index (χ1n) is 6.35. The largest absolute Gasteiger partial charge is 0.334 e. The second-order valence-corrected chi connectivity index (χ2v) is 4.69. The van der Waals surface area contributed by atoms with E-state index in [9.17, 15) is 4.39 Å². The maximum atomic E-state index is 12.8. The maximum Gasteiger partial charge on any atom is 0.257 e. The lowest BCUT2D eigenvalue weighted by atomic mass is 10.1. The number of benzene rings is 2. The molecule has 3 rings (SSSR count). The average molecular weight is 268 g/mol. The molecule has 2 aromatic carbocycles. The van der Waals surface area contributed by atoms with Gasteiger partial charge in [0.1, 0.15) is 5.82 Å². The minimum atomic E-state index is -0.248. The zero-order valence-corrected chi connectivity index (χ0v) is 11.0. The Bertz CT molecular complexity index is 702. The van der Waals surface area contributed by atoms with Crippen molar-refractivity contribution in [1.82, 2.24) is 10.1 Å². The molecule has 0 aliphatic rings. The predicted octanol–water partition coefficient (Wildman–Crippen LogP) is 3.77. The lowest BCUT2D eigenvalue weighted by molar-refractivity contribution is 0.424. The Morgan fingerprint density at radius 2 is 1.70 bits per heavy atom. The average Bonchev–Trinajstić information content (AvgIpc) is 2.91. The molecule has 0 fully saturated rings. The summed E-state index contributed by atoms with van der Waals surface area (Å²) in [6.07, 6.45) is 0.523. The van der Waals surface area contributed by atoms with Crippen LogP contribution in [0.3, 0.4) is 0 Å². The predicted molar refractivity (Wildman–Crippen MR) is 73.7 cm³/mol. The molecule has 0 N–H and O–H groups in total. The number of halogens is 1. The van der Waals surface area contributed by atoms with Crippen molar-refractivity contribution in [2.24, 2.45) is 0 Å². The molecule has 0 spiro atoms. The van der Waals surface area contributed by atoms with Gasteiger partial charge in [-0.3, -0.25) is 0 Å². The fourth-order valence-electron chi connectivity index (χ4n) is 1.92. The summed E-state index contributed by atoms with van der Waals surface area (Å²) in [4.78, 5) is 4.36. The standard InChI is InChI=1S/C16H13FN2O/c1-11-2-6-13(7-3-11)16-18-15(19-20-16)10-12-4-8-14(17)9-5-12/h2-9H,10H2,1H3. The Balaban J connectivity index is 1.80. The number of hydrogen-bond acceptors (Lipinski definition) is 3. The smallest absolute Gasteiger partial charge is 0.257 e. The number of aromatic nitrogens is 2. The van der Waals surface area contributed by atoms with Crippen LogP contribution in [0.4, 0.5) is 4.39 Å². The normalized spacial score (nSPS) is 10.7. The molecule has 3 nitrogen and oxygen atoms in total. The van der Waals surface area contributed by atoms with Gasteiger partial charge >= 0.3 is 0 Å². The fraction of sp³-hybridized carbons (Fsp3) is 0.125. The van der Waals surface area contributed by atoms with Gasteiger partial charge in [0.2, 0.25) is 0 Å². The Kier molecular flexibility index (Phi) is 3.29. The number of rotatable bonds is 3. The number of nitrogens with zero attached hydrogens (tertiary/aromatic N) is 2. The summed E-state index contributed by atoms with van der Waals surface area (Å²) in [7, 11) is 0. The molecule has 0 aliphatic heterocycles. The van der Waals surface area contributed by atoms with Crippen molar-refractivity contribution in [2.45, 2.75) is 13.3 Å². The topological polar surface area (TPSA) is 38.9 Å². The molecule has 0 saturated carbocycles. The maximum absolute atomic E-state index is 12.8. The van der Waals surface area contributed by atoms with Gasteiger partial charge in [-0.1, -0.05) is 35.0 Å². The monoisotopic (exact) mass is 268 g/mol. The zero-order valence-electron chi connectivity index (χ0n) is 11.0. The Labute approximate surface area is 116 Å². The first-order valence-corrected chi connectivity index (χ1v) is 6.35. The Morgan fingerprint density at radius 3 is 2.40 bits per heavy atom. The van der Waals surface area contributed by atoms with Crippen LogP contribution in [0.2, 0.25) is 0 Å². The Hall–Kier alpha value is -2.49. The van der Waals surface area contributed by atoms with Crippen molar-refractivity contribution in [3.05, 3.63) is 71.3 Å². The van der Waals surface area contributed by atoms with Crippen molar-refractivity contribution in [3.63, 3.8) is 0 Å². The highest BCUT2D eigenvalue weighted by atomic mass is 19.1. The van der Waals surface area contributed by atoms with Gasteiger partial charge in [0.25, 0.3) is 5.89 Å². The van der Waals surface area contributed by atoms with E-state index >= 15 is 0 Å². The van der Waals surface area contributed by atoms with Crippen molar-refractivity contribution in [1.29, 1.82) is 0 Å². The summed E-state index contributed by atoms with van der Waals surface area (Å²) >= 11 is 0. The summed E-state index contributed by atoms with van der Waals surface area (Å²) in [5.41, 5.74) is 3.02. The number of hydrogen-bond donors (Lipinski definition) is 0. The van der Waals surface area contributed by atoms with Crippen LogP contribution >= 0.6 is 0 Å². The molecular formula is C16H13FN2O. The van der Waals surface area contributed by atoms with Gasteiger partial charge < -0.3 is 4.52 Å². The Morgan fingerprint density at radius 1 is 1.00 bits per heavy atom. The highest BCUT2D eigenvalue weighted by Gasteiger charge is 2.09. The lowest BCUT2D eigenvalue weighted by Gasteiger charge is -1.96. The van der Waals surface area contributed by atoms with Crippen LogP contribution in [0.25, 0.3) is 11.5 Å². The van der Waals surface area contributed by atoms with E-state index in [4.69, 9.17) is 4.52 Å². The van der Waals surface area contributed by atoms with Gasteiger partial charge in [-0.15, -0.1) is 0 Å². The van der Waals surface area contributed by atoms with Gasteiger partial charge in [0, 0.05) is 12.0 Å². The van der Waals surface area contributed by atoms with E-state index in [1.165, 1.54) is 17.7 Å². The number of aryl methyl sites for hydroxylation is 1.